The lowest BCUT2D eigenvalue weighted by molar-refractivity contribution is 0.171. The summed E-state index contributed by atoms with van der Waals surface area (Å²) >= 11 is 0. The van der Waals surface area contributed by atoms with E-state index in [0.29, 0.717) is 13.2 Å². The smallest absolute Gasteiger partial charge is 0.161 e. The van der Waals surface area contributed by atoms with Crippen molar-refractivity contribution in [3.8, 4) is 11.5 Å². The van der Waals surface area contributed by atoms with Gasteiger partial charge >= 0.3 is 0 Å². The fraction of sp³-hybridized carbons (Fsp3) is 0.400. The van der Waals surface area contributed by atoms with Gasteiger partial charge in [0, 0.05) is 23.8 Å². The van der Waals surface area contributed by atoms with E-state index in [4.69, 9.17) is 9.47 Å². The maximum absolute atomic E-state index is 5.62. The Morgan fingerprint density at radius 1 is 1.30 bits per heavy atom. The fourth-order valence-corrected chi connectivity index (χ4v) is 2.26. The third-order valence-corrected chi connectivity index (χ3v) is 3.60. The average molecular weight is 273 g/mol. The van der Waals surface area contributed by atoms with Gasteiger partial charge in [0.15, 0.2) is 11.5 Å². The normalized spacial score (nSPS) is 15.1. The molecule has 3 rings (SSSR count). The van der Waals surface area contributed by atoms with Crippen LogP contribution in [0.1, 0.15) is 29.8 Å². The highest BCUT2D eigenvalue weighted by Crippen LogP contribution is 2.32. The molecule has 2 N–H and O–H groups in total. The Bertz CT molecular complexity index is 595. The minimum atomic E-state index is 0.236. The number of aryl methyl sites for hydroxylation is 1. The van der Waals surface area contributed by atoms with Gasteiger partial charge in [0.2, 0.25) is 0 Å². The van der Waals surface area contributed by atoms with Crippen LogP contribution in [0.2, 0.25) is 0 Å². The summed E-state index contributed by atoms with van der Waals surface area (Å²) in [4.78, 5) is 0. The Kier molecular flexibility index (Phi) is 3.60. The van der Waals surface area contributed by atoms with E-state index in [-0.39, 0.29) is 6.04 Å². The molecule has 0 saturated heterocycles. The zero-order chi connectivity index (χ0) is 13.9. The van der Waals surface area contributed by atoms with Gasteiger partial charge < -0.3 is 14.8 Å². The molecule has 106 valence electrons. The number of rotatable bonds is 4. The summed E-state index contributed by atoms with van der Waals surface area (Å²) < 4.78 is 11.2. The largest absolute Gasteiger partial charge is 0.486 e. The number of nitrogens with zero attached hydrogens (tertiary/aromatic N) is 1. The summed E-state index contributed by atoms with van der Waals surface area (Å²) in [5.41, 5.74) is 3.48. The summed E-state index contributed by atoms with van der Waals surface area (Å²) in [6, 6.07) is 6.34. The van der Waals surface area contributed by atoms with Gasteiger partial charge in [-0.05, 0) is 31.5 Å². The Morgan fingerprint density at radius 3 is 2.85 bits per heavy atom. The van der Waals surface area contributed by atoms with Gasteiger partial charge in [0.1, 0.15) is 13.2 Å². The average Bonchev–Trinajstić information content (AvgIpc) is 2.89. The summed E-state index contributed by atoms with van der Waals surface area (Å²) in [6.07, 6.45) is 1.86. The van der Waals surface area contributed by atoms with E-state index >= 15 is 0 Å². The van der Waals surface area contributed by atoms with Crippen molar-refractivity contribution in [2.45, 2.75) is 26.4 Å². The number of fused-ring (bicyclic) bond motifs is 1. The number of H-pyrrole nitrogens is 1. The second kappa shape index (κ2) is 5.54. The number of aromatic amines is 1. The highest BCUT2D eigenvalue weighted by atomic mass is 16.6. The zero-order valence-electron chi connectivity index (χ0n) is 11.8. The molecule has 0 amide bonds. The van der Waals surface area contributed by atoms with Gasteiger partial charge in [-0.15, -0.1) is 0 Å². The highest BCUT2D eigenvalue weighted by molar-refractivity contribution is 5.44. The van der Waals surface area contributed by atoms with Gasteiger partial charge in [-0.25, -0.2) is 0 Å². The zero-order valence-corrected chi connectivity index (χ0v) is 11.8. The van der Waals surface area contributed by atoms with E-state index in [1.54, 1.807) is 0 Å². The lowest BCUT2D eigenvalue weighted by atomic mass is 10.1. The lowest BCUT2D eigenvalue weighted by Gasteiger charge is -2.21. The molecule has 0 radical (unpaired) electrons. The predicted octanol–water partition coefficient (Wildman–Crippen LogP) is 2.34. The molecule has 0 unspecified atom stereocenters. The van der Waals surface area contributed by atoms with Gasteiger partial charge in [-0.1, -0.05) is 6.07 Å². The second-order valence-corrected chi connectivity index (χ2v) is 5.03. The Balaban J connectivity index is 1.67. The second-order valence-electron chi connectivity index (χ2n) is 5.03. The Morgan fingerprint density at radius 2 is 2.10 bits per heavy atom. The molecule has 2 aromatic rings. The number of hydrogen-bond acceptors (Lipinski definition) is 4. The van der Waals surface area contributed by atoms with E-state index in [0.717, 1.165) is 23.7 Å². The number of aromatic nitrogens is 2. The van der Waals surface area contributed by atoms with E-state index in [9.17, 15) is 0 Å². The fourth-order valence-electron chi connectivity index (χ4n) is 2.26. The third kappa shape index (κ3) is 2.63. The van der Waals surface area contributed by atoms with Crippen LogP contribution in [-0.2, 0) is 6.54 Å². The van der Waals surface area contributed by atoms with Crippen molar-refractivity contribution in [2.75, 3.05) is 13.2 Å². The third-order valence-electron chi connectivity index (χ3n) is 3.60. The minimum absolute atomic E-state index is 0.236. The van der Waals surface area contributed by atoms with Crippen LogP contribution in [0.3, 0.4) is 0 Å². The maximum Gasteiger partial charge on any atom is 0.161 e. The van der Waals surface area contributed by atoms with Crippen LogP contribution >= 0.6 is 0 Å². The van der Waals surface area contributed by atoms with Crippen LogP contribution in [0.4, 0.5) is 0 Å². The molecule has 0 spiro atoms. The molecule has 1 aromatic carbocycles. The SMILES string of the molecule is Cc1[nH]ncc1CN[C@H](C)c1ccc2c(c1)OCCO2. The summed E-state index contributed by atoms with van der Waals surface area (Å²) in [5.74, 6) is 1.67. The molecule has 0 aliphatic carbocycles. The standard InChI is InChI=1S/C15H19N3O2/c1-10(16-8-13-9-17-18-11(13)2)12-3-4-14-15(7-12)20-6-5-19-14/h3-4,7,9-10,16H,5-6,8H2,1-2H3,(H,17,18)/t10-/m1/s1. The quantitative estimate of drug-likeness (QED) is 0.897. The molecular weight excluding hydrogens is 254 g/mol. The molecular formula is C15H19N3O2. The van der Waals surface area contributed by atoms with Gasteiger partial charge in [0.25, 0.3) is 0 Å². The molecule has 1 aliphatic rings. The van der Waals surface area contributed by atoms with Crippen molar-refractivity contribution in [3.05, 3.63) is 41.2 Å². The number of nitrogens with one attached hydrogen (secondary N) is 2. The van der Waals surface area contributed by atoms with Gasteiger partial charge in [-0.2, -0.15) is 5.10 Å². The summed E-state index contributed by atoms with van der Waals surface area (Å²) in [5, 5.41) is 10.5. The van der Waals surface area contributed by atoms with E-state index in [1.807, 2.05) is 25.3 Å². The van der Waals surface area contributed by atoms with Crippen LogP contribution in [0, 0.1) is 6.92 Å². The molecule has 1 aliphatic heterocycles. The first-order valence-electron chi connectivity index (χ1n) is 6.86. The monoisotopic (exact) mass is 273 g/mol. The van der Waals surface area contributed by atoms with Crippen molar-refractivity contribution in [1.29, 1.82) is 0 Å². The highest BCUT2D eigenvalue weighted by Gasteiger charge is 2.14. The number of ether oxygens (including phenoxy) is 2. The van der Waals surface area contributed by atoms with Crippen molar-refractivity contribution in [2.24, 2.45) is 0 Å². The molecule has 0 fully saturated rings. The first-order chi connectivity index (χ1) is 9.74. The minimum Gasteiger partial charge on any atom is -0.486 e. The predicted molar refractivity (Wildman–Crippen MR) is 76.0 cm³/mol. The molecule has 20 heavy (non-hydrogen) atoms. The lowest BCUT2D eigenvalue weighted by Crippen LogP contribution is -2.19. The molecule has 1 aromatic heterocycles. The first-order valence-corrected chi connectivity index (χ1v) is 6.86. The molecule has 5 heteroatoms. The van der Waals surface area contributed by atoms with E-state index in [2.05, 4.69) is 28.5 Å². The van der Waals surface area contributed by atoms with Crippen molar-refractivity contribution < 1.29 is 9.47 Å². The van der Waals surface area contributed by atoms with Crippen LogP contribution in [0.25, 0.3) is 0 Å². The summed E-state index contributed by atoms with van der Waals surface area (Å²) in [7, 11) is 0. The Labute approximate surface area is 118 Å². The molecule has 0 saturated carbocycles. The topological polar surface area (TPSA) is 59.2 Å². The maximum atomic E-state index is 5.62. The molecule has 5 nitrogen and oxygen atoms in total. The van der Waals surface area contributed by atoms with Crippen molar-refractivity contribution >= 4 is 0 Å². The van der Waals surface area contributed by atoms with Gasteiger partial charge in [0.05, 0.1) is 6.20 Å². The van der Waals surface area contributed by atoms with Crippen LogP contribution < -0.4 is 14.8 Å². The van der Waals surface area contributed by atoms with Crippen LogP contribution in [0.15, 0.2) is 24.4 Å². The molecule has 1 atom stereocenters. The van der Waals surface area contributed by atoms with Crippen LogP contribution in [0.5, 0.6) is 11.5 Å². The Hall–Kier alpha value is -2.01. The first kappa shape index (κ1) is 13.0. The molecule has 2 heterocycles. The number of hydrogen-bond donors (Lipinski definition) is 2. The van der Waals surface area contributed by atoms with Crippen molar-refractivity contribution in [1.82, 2.24) is 15.5 Å². The molecule has 0 bridgehead atoms. The van der Waals surface area contributed by atoms with E-state index < -0.39 is 0 Å². The van der Waals surface area contributed by atoms with Crippen LogP contribution in [-0.4, -0.2) is 23.4 Å². The summed E-state index contributed by atoms with van der Waals surface area (Å²) in [6.45, 7) is 6.20. The van der Waals surface area contributed by atoms with E-state index in [1.165, 1.54) is 11.1 Å². The van der Waals surface area contributed by atoms with Crippen molar-refractivity contribution in [3.63, 3.8) is 0 Å². The van der Waals surface area contributed by atoms with Gasteiger partial charge in [-0.3, -0.25) is 5.10 Å². The number of benzene rings is 1.